The van der Waals surface area contributed by atoms with Crippen molar-refractivity contribution < 1.29 is 24.3 Å². The number of thiol groups is 1. The zero-order valence-corrected chi connectivity index (χ0v) is 16.0. The molecule has 1 saturated heterocycles. The first-order valence-electron chi connectivity index (χ1n) is 8.64. The first-order chi connectivity index (χ1) is 12.2. The van der Waals surface area contributed by atoms with Gasteiger partial charge in [0.15, 0.2) is 0 Å². The summed E-state index contributed by atoms with van der Waals surface area (Å²) in [6, 6.07) is -2.55. The molecule has 10 heteroatoms. The lowest BCUT2D eigenvalue weighted by Gasteiger charge is -2.25. The molecule has 0 aromatic carbocycles. The molecule has 1 aliphatic rings. The first kappa shape index (κ1) is 22.2. The number of carbonyl (C=O) groups excluding carboxylic acids is 3. The van der Waals surface area contributed by atoms with Crippen LogP contribution < -0.4 is 16.4 Å². The number of rotatable bonds is 9. The van der Waals surface area contributed by atoms with Crippen LogP contribution in [0.2, 0.25) is 0 Å². The van der Waals surface area contributed by atoms with Gasteiger partial charge in [-0.3, -0.25) is 14.4 Å². The maximum Gasteiger partial charge on any atom is 0.327 e. The van der Waals surface area contributed by atoms with E-state index in [0.717, 1.165) is 0 Å². The van der Waals surface area contributed by atoms with Crippen LogP contribution in [-0.4, -0.2) is 70.7 Å². The molecule has 3 atom stereocenters. The van der Waals surface area contributed by atoms with Gasteiger partial charge < -0.3 is 26.4 Å². The third-order valence-electron chi connectivity index (χ3n) is 4.15. The van der Waals surface area contributed by atoms with Crippen LogP contribution in [0.4, 0.5) is 0 Å². The van der Waals surface area contributed by atoms with Crippen LogP contribution in [0.15, 0.2) is 0 Å². The average molecular weight is 388 g/mol. The summed E-state index contributed by atoms with van der Waals surface area (Å²) in [5, 5.41) is 13.9. The number of carboxylic acids is 1. The van der Waals surface area contributed by atoms with E-state index in [9.17, 15) is 19.2 Å². The van der Waals surface area contributed by atoms with Crippen molar-refractivity contribution in [1.82, 2.24) is 15.5 Å². The highest BCUT2D eigenvalue weighted by atomic mass is 32.1. The van der Waals surface area contributed by atoms with Gasteiger partial charge >= 0.3 is 5.97 Å². The smallest absolute Gasteiger partial charge is 0.327 e. The minimum atomic E-state index is -1.18. The molecule has 0 saturated carbocycles. The molecule has 9 nitrogen and oxygen atoms in total. The van der Waals surface area contributed by atoms with Crippen LogP contribution in [0.5, 0.6) is 0 Å². The molecule has 0 aromatic rings. The van der Waals surface area contributed by atoms with Gasteiger partial charge in [0.25, 0.3) is 0 Å². The molecule has 1 heterocycles. The van der Waals surface area contributed by atoms with E-state index in [1.54, 1.807) is 0 Å². The molecule has 0 aliphatic carbocycles. The van der Waals surface area contributed by atoms with Gasteiger partial charge in [-0.1, -0.05) is 13.8 Å². The fourth-order valence-electron chi connectivity index (χ4n) is 2.80. The zero-order valence-electron chi connectivity index (χ0n) is 15.1. The van der Waals surface area contributed by atoms with Gasteiger partial charge in [-0.15, -0.1) is 0 Å². The molecule has 148 valence electrons. The summed E-state index contributed by atoms with van der Waals surface area (Å²) in [7, 11) is 0. The summed E-state index contributed by atoms with van der Waals surface area (Å²) in [6.45, 7) is 4.02. The lowest BCUT2D eigenvalue weighted by Crippen LogP contribution is -2.53. The molecule has 1 aliphatic heterocycles. The number of nitrogens with two attached hydrogens (primary N) is 1. The second-order valence-electron chi connectivity index (χ2n) is 6.78. The summed E-state index contributed by atoms with van der Waals surface area (Å²) in [5.41, 5.74) is 5.77. The lowest BCUT2D eigenvalue weighted by molar-refractivity contribution is -0.143. The number of carbonyl (C=O) groups is 4. The molecular formula is C16H28N4O5S. The number of hydrogen-bond donors (Lipinski definition) is 5. The maximum atomic E-state index is 12.4. The highest BCUT2D eigenvalue weighted by Crippen LogP contribution is 2.17. The predicted octanol–water partition coefficient (Wildman–Crippen LogP) is -1.03. The molecule has 3 amide bonds. The van der Waals surface area contributed by atoms with Gasteiger partial charge in [0.05, 0.1) is 12.6 Å². The Hall–Kier alpha value is -1.81. The Morgan fingerprint density at radius 2 is 1.96 bits per heavy atom. The van der Waals surface area contributed by atoms with E-state index in [4.69, 9.17) is 10.8 Å². The third-order valence-corrected chi connectivity index (χ3v) is 4.51. The van der Waals surface area contributed by atoms with Crippen molar-refractivity contribution in [1.29, 1.82) is 0 Å². The molecule has 0 bridgehead atoms. The fraction of sp³-hybridized carbons (Fsp3) is 0.750. The van der Waals surface area contributed by atoms with Crippen LogP contribution >= 0.6 is 12.6 Å². The van der Waals surface area contributed by atoms with Crippen molar-refractivity contribution in [2.24, 2.45) is 11.7 Å². The van der Waals surface area contributed by atoms with Crippen molar-refractivity contribution in [3.8, 4) is 0 Å². The summed E-state index contributed by atoms with van der Waals surface area (Å²) in [5.74, 6) is -2.31. The van der Waals surface area contributed by atoms with E-state index in [0.29, 0.717) is 25.8 Å². The summed E-state index contributed by atoms with van der Waals surface area (Å²) < 4.78 is 0. The van der Waals surface area contributed by atoms with Crippen molar-refractivity contribution >= 4 is 36.3 Å². The minimum absolute atomic E-state index is 0.0501. The minimum Gasteiger partial charge on any atom is -0.480 e. The first-order valence-corrected chi connectivity index (χ1v) is 9.27. The molecule has 0 aromatic heterocycles. The predicted molar refractivity (Wildman–Crippen MR) is 98.6 cm³/mol. The van der Waals surface area contributed by atoms with Crippen LogP contribution in [-0.2, 0) is 19.2 Å². The largest absolute Gasteiger partial charge is 0.480 e. The van der Waals surface area contributed by atoms with E-state index < -0.39 is 41.8 Å². The number of nitrogens with zero attached hydrogens (tertiary/aromatic N) is 1. The SMILES string of the molecule is CC(C)CC(N)C(=O)NCC(=O)N1CCCC1C(=O)NC(CS)C(=O)O. The van der Waals surface area contributed by atoms with Crippen LogP contribution in [0.1, 0.15) is 33.1 Å². The molecule has 1 rings (SSSR count). The van der Waals surface area contributed by atoms with E-state index in [2.05, 4.69) is 23.3 Å². The van der Waals surface area contributed by atoms with Gasteiger partial charge in [0, 0.05) is 12.3 Å². The van der Waals surface area contributed by atoms with E-state index in [-0.39, 0.29) is 18.2 Å². The Kier molecular flexibility index (Phi) is 8.86. The summed E-state index contributed by atoms with van der Waals surface area (Å²) >= 11 is 3.90. The normalized spacial score (nSPS) is 19.1. The number of nitrogens with one attached hydrogen (secondary N) is 2. The number of hydrogen-bond acceptors (Lipinski definition) is 6. The van der Waals surface area contributed by atoms with Gasteiger partial charge in [-0.25, -0.2) is 4.79 Å². The third kappa shape index (κ3) is 6.49. The van der Waals surface area contributed by atoms with E-state index in [1.807, 2.05) is 13.8 Å². The standard InChI is InChI=1S/C16H28N4O5S/c1-9(2)6-10(17)14(22)18-7-13(21)20-5-3-4-12(20)15(23)19-11(8-26)16(24)25/h9-12,26H,3-8,17H2,1-2H3,(H,18,22)(H,19,23)(H,24,25). The van der Waals surface area contributed by atoms with E-state index >= 15 is 0 Å². The Bertz CT molecular complexity index is 543. The Balaban J connectivity index is 2.58. The fourth-order valence-corrected chi connectivity index (χ4v) is 3.05. The molecular weight excluding hydrogens is 360 g/mol. The summed E-state index contributed by atoms with van der Waals surface area (Å²) in [6.07, 6.45) is 1.58. The highest BCUT2D eigenvalue weighted by Gasteiger charge is 2.35. The molecule has 5 N–H and O–H groups in total. The Labute approximate surface area is 158 Å². The number of amides is 3. The molecule has 0 radical (unpaired) electrons. The second kappa shape index (κ2) is 10.4. The van der Waals surface area contributed by atoms with Crippen LogP contribution in [0.25, 0.3) is 0 Å². The van der Waals surface area contributed by atoms with Gasteiger partial charge in [0.2, 0.25) is 17.7 Å². The average Bonchev–Trinajstić information content (AvgIpc) is 3.05. The molecule has 1 fully saturated rings. The monoisotopic (exact) mass is 388 g/mol. The van der Waals surface area contributed by atoms with Crippen molar-refractivity contribution in [3.05, 3.63) is 0 Å². The highest BCUT2D eigenvalue weighted by molar-refractivity contribution is 7.80. The zero-order chi connectivity index (χ0) is 19.9. The van der Waals surface area contributed by atoms with Crippen molar-refractivity contribution in [3.63, 3.8) is 0 Å². The topological polar surface area (TPSA) is 142 Å². The lowest BCUT2D eigenvalue weighted by atomic mass is 10.0. The van der Waals surface area contributed by atoms with Crippen LogP contribution in [0.3, 0.4) is 0 Å². The van der Waals surface area contributed by atoms with Crippen molar-refractivity contribution in [2.75, 3.05) is 18.8 Å². The molecule has 3 unspecified atom stereocenters. The maximum absolute atomic E-state index is 12.4. The Morgan fingerprint density at radius 3 is 2.50 bits per heavy atom. The van der Waals surface area contributed by atoms with Gasteiger partial charge in [-0.05, 0) is 25.2 Å². The Morgan fingerprint density at radius 1 is 1.31 bits per heavy atom. The quantitative estimate of drug-likeness (QED) is 0.320. The van der Waals surface area contributed by atoms with Gasteiger partial charge in [-0.2, -0.15) is 12.6 Å². The summed E-state index contributed by atoms with van der Waals surface area (Å²) in [4.78, 5) is 48.9. The number of aliphatic carboxylic acids is 1. The molecule has 26 heavy (non-hydrogen) atoms. The van der Waals surface area contributed by atoms with Gasteiger partial charge in [0.1, 0.15) is 12.1 Å². The molecule has 0 spiro atoms. The second-order valence-corrected chi connectivity index (χ2v) is 7.15. The number of likely N-dealkylation sites (tertiary alicyclic amines) is 1. The van der Waals surface area contributed by atoms with Crippen molar-refractivity contribution in [2.45, 2.75) is 51.2 Å². The van der Waals surface area contributed by atoms with Crippen LogP contribution in [0, 0.1) is 5.92 Å². The van der Waals surface area contributed by atoms with E-state index in [1.165, 1.54) is 4.90 Å². The number of carboxylic acid groups (broad SMARTS) is 1.